The van der Waals surface area contributed by atoms with Crippen LogP contribution in [-0.4, -0.2) is 17.3 Å². The highest BCUT2D eigenvalue weighted by molar-refractivity contribution is 4.79. The van der Waals surface area contributed by atoms with Crippen LogP contribution in [0.3, 0.4) is 0 Å². The molecule has 12 heavy (non-hydrogen) atoms. The molecule has 0 fully saturated rings. The van der Waals surface area contributed by atoms with E-state index in [0.29, 0.717) is 12.5 Å². The first-order valence-corrected chi connectivity index (χ1v) is 4.96. The average Bonchev–Trinajstić information content (AvgIpc) is 2.02. The van der Waals surface area contributed by atoms with Gasteiger partial charge in [0.2, 0.25) is 0 Å². The Balaban J connectivity index is 3.78. The SMILES string of the molecule is CCCC(O)(CN)CCC(C)C. The van der Waals surface area contributed by atoms with E-state index in [1.54, 1.807) is 0 Å². The minimum absolute atomic E-state index is 0.396. The van der Waals surface area contributed by atoms with Crippen LogP contribution in [0.15, 0.2) is 0 Å². The first-order valence-electron chi connectivity index (χ1n) is 4.96. The van der Waals surface area contributed by atoms with Crippen molar-refractivity contribution < 1.29 is 5.11 Å². The topological polar surface area (TPSA) is 46.2 Å². The van der Waals surface area contributed by atoms with Crippen LogP contribution in [0.4, 0.5) is 0 Å². The predicted molar refractivity (Wildman–Crippen MR) is 53.0 cm³/mol. The van der Waals surface area contributed by atoms with Crippen molar-refractivity contribution in [2.45, 2.75) is 52.1 Å². The summed E-state index contributed by atoms with van der Waals surface area (Å²) in [6.07, 6.45) is 3.74. The van der Waals surface area contributed by atoms with Crippen LogP contribution in [0.2, 0.25) is 0 Å². The Kier molecular flexibility index (Phi) is 5.51. The fourth-order valence-electron chi connectivity index (χ4n) is 1.35. The molecule has 2 heteroatoms. The first kappa shape index (κ1) is 11.9. The van der Waals surface area contributed by atoms with E-state index in [1.807, 2.05) is 0 Å². The molecule has 0 aliphatic rings. The Morgan fingerprint density at radius 3 is 2.25 bits per heavy atom. The number of aliphatic hydroxyl groups is 1. The van der Waals surface area contributed by atoms with Crippen molar-refractivity contribution in [3.05, 3.63) is 0 Å². The van der Waals surface area contributed by atoms with Crippen molar-refractivity contribution in [3.63, 3.8) is 0 Å². The highest BCUT2D eigenvalue weighted by Crippen LogP contribution is 2.20. The van der Waals surface area contributed by atoms with E-state index >= 15 is 0 Å². The highest BCUT2D eigenvalue weighted by Gasteiger charge is 2.23. The molecule has 0 heterocycles. The Morgan fingerprint density at radius 2 is 1.92 bits per heavy atom. The molecule has 0 rings (SSSR count). The third-order valence-electron chi connectivity index (χ3n) is 2.28. The standard InChI is InChI=1S/C10H23NO/c1-4-6-10(12,8-11)7-5-9(2)3/h9,12H,4-8,11H2,1-3H3. The van der Waals surface area contributed by atoms with Gasteiger partial charge in [-0.3, -0.25) is 0 Å². The molecule has 0 bridgehead atoms. The van der Waals surface area contributed by atoms with E-state index in [-0.39, 0.29) is 0 Å². The summed E-state index contributed by atoms with van der Waals surface area (Å²) in [4.78, 5) is 0. The van der Waals surface area contributed by atoms with Crippen LogP contribution >= 0.6 is 0 Å². The lowest BCUT2D eigenvalue weighted by Crippen LogP contribution is -2.37. The van der Waals surface area contributed by atoms with Gasteiger partial charge in [-0.05, 0) is 25.2 Å². The second kappa shape index (κ2) is 5.55. The van der Waals surface area contributed by atoms with Gasteiger partial charge in [0.15, 0.2) is 0 Å². The van der Waals surface area contributed by atoms with Crippen molar-refractivity contribution in [3.8, 4) is 0 Å². The summed E-state index contributed by atoms with van der Waals surface area (Å²) in [7, 11) is 0. The summed E-state index contributed by atoms with van der Waals surface area (Å²) in [5.41, 5.74) is 4.93. The van der Waals surface area contributed by atoms with Crippen LogP contribution in [0, 0.1) is 5.92 Å². The van der Waals surface area contributed by atoms with Crippen molar-refractivity contribution in [2.75, 3.05) is 6.54 Å². The lowest BCUT2D eigenvalue weighted by molar-refractivity contribution is 0.0258. The molecule has 74 valence electrons. The van der Waals surface area contributed by atoms with Crippen molar-refractivity contribution >= 4 is 0 Å². The molecule has 1 unspecified atom stereocenters. The zero-order valence-corrected chi connectivity index (χ0v) is 8.64. The number of hydrogen-bond acceptors (Lipinski definition) is 2. The smallest absolute Gasteiger partial charge is 0.0769 e. The molecule has 0 aromatic carbocycles. The maximum absolute atomic E-state index is 9.94. The summed E-state index contributed by atoms with van der Waals surface area (Å²) in [5.74, 6) is 0.653. The Hall–Kier alpha value is -0.0800. The van der Waals surface area contributed by atoms with Gasteiger partial charge in [-0.15, -0.1) is 0 Å². The van der Waals surface area contributed by atoms with E-state index in [9.17, 15) is 5.11 Å². The molecule has 0 aromatic heterocycles. The summed E-state index contributed by atoms with van der Waals surface area (Å²) in [5, 5.41) is 9.94. The van der Waals surface area contributed by atoms with Gasteiger partial charge in [-0.25, -0.2) is 0 Å². The molecule has 0 radical (unpaired) electrons. The first-order chi connectivity index (χ1) is 5.54. The van der Waals surface area contributed by atoms with E-state index in [4.69, 9.17) is 5.73 Å². The maximum Gasteiger partial charge on any atom is 0.0769 e. The van der Waals surface area contributed by atoms with E-state index in [2.05, 4.69) is 20.8 Å². The predicted octanol–water partition coefficient (Wildman–Crippen LogP) is 1.91. The molecule has 0 aliphatic carbocycles. The molecular formula is C10H23NO. The molecule has 0 spiro atoms. The number of rotatable bonds is 6. The number of nitrogens with two attached hydrogens (primary N) is 1. The van der Waals surface area contributed by atoms with Crippen molar-refractivity contribution in [1.82, 2.24) is 0 Å². The summed E-state index contributed by atoms with van der Waals surface area (Å²) >= 11 is 0. The third-order valence-corrected chi connectivity index (χ3v) is 2.28. The monoisotopic (exact) mass is 173 g/mol. The van der Waals surface area contributed by atoms with Gasteiger partial charge in [0, 0.05) is 6.54 Å². The lowest BCUT2D eigenvalue weighted by atomic mass is 9.90. The largest absolute Gasteiger partial charge is 0.389 e. The average molecular weight is 173 g/mol. The van der Waals surface area contributed by atoms with Gasteiger partial charge in [0.05, 0.1) is 5.60 Å². The van der Waals surface area contributed by atoms with Crippen LogP contribution in [0.5, 0.6) is 0 Å². The second-order valence-electron chi connectivity index (χ2n) is 4.11. The highest BCUT2D eigenvalue weighted by atomic mass is 16.3. The molecule has 0 saturated carbocycles. The van der Waals surface area contributed by atoms with Crippen LogP contribution < -0.4 is 5.73 Å². The normalized spacial score (nSPS) is 16.5. The van der Waals surface area contributed by atoms with Gasteiger partial charge < -0.3 is 10.8 Å². The maximum atomic E-state index is 9.94. The van der Waals surface area contributed by atoms with Crippen molar-refractivity contribution in [1.29, 1.82) is 0 Å². The molecule has 0 aromatic rings. The second-order valence-corrected chi connectivity index (χ2v) is 4.11. The quantitative estimate of drug-likeness (QED) is 0.644. The minimum atomic E-state index is -0.598. The molecule has 1 atom stereocenters. The fraction of sp³-hybridized carbons (Fsp3) is 1.00. The third kappa shape index (κ3) is 4.73. The Bertz CT molecular complexity index is 114. The number of hydrogen-bond donors (Lipinski definition) is 2. The van der Waals surface area contributed by atoms with Crippen LogP contribution in [0.1, 0.15) is 46.5 Å². The lowest BCUT2D eigenvalue weighted by Gasteiger charge is -2.26. The van der Waals surface area contributed by atoms with E-state index < -0.39 is 5.60 Å². The molecule has 0 saturated heterocycles. The molecule has 0 aliphatic heterocycles. The van der Waals surface area contributed by atoms with Gasteiger partial charge in [0.25, 0.3) is 0 Å². The van der Waals surface area contributed by atoms with Gasteiger partial charge >= 0.3 is 0 Å². The van der Waals surface area contributed by atoms with Crippen LogP contribution in [0.25, 0.3) is 0 Å². The van der Waals surface area contributed by atoms with Gasteiger partial charge in [-0.2, -0.15) is 0 Å². The zero-order chi connectivity index (χ0) is 9.61. The Labute approximate surface area is 76.2 Å². The molecule has 3 N–H and O–H groups in total. The fourth-order valence-corrected chi connectivity index (χ4v) is 1.35. The van der Waals surface area contributed by atoms with Crippen molar-refractivity contribution in [2.24, 2.45) is 11.7 Å². The molecule has 2 nitrogen and oxygen atoms in total. The zero-order valence-electron chi connectivity index (χ0n) is 8.64. The molecular weight excluding hydrogens is 150 g/mol. The van der Waals surface area contributed by atoms with E-state index in [1.165, 1.54) is 0 Å². The summed E-state index contributed by atoms with van der Waals surface area (Å²) in [6, 6.07) is 0. The summed E-state index contributed by atoms with van der Waals surface area (Å²) < 4.78 is 0. The molecule has 0 amide bonds. The summed E-state index contributed by atoms with van der Waals surface area (Å²) in [6.45, 7) is 6.81. The van der Waals surface area contributed by atoms with Crippen LogP contribution in [-0.2, 0) is 0 Å². The van der Waals surface area contributed by atoms with Gasteiger partial charge in [-0.1, -0.05) is 27.2 Å². The Morgan fingerprint density at radius 1 is 1.33 bits per heavy atom. The van der Waals surface area contributed by atoms with Gasteiger partial charge in [0.1, 0.15) is 0 Å². The van der Waals surface area contributed by atoms with E-state index in [0.717, 1.165) is 25.7 Å². The minimum Gasteiger partial charge on any atom is -0.389 e.